The fourth-order valence-electron chi connectivity index (χ4n) is 5.33. The molecule has 2 atom stereocenters. The van der Waals surface area contributed by atoms with E-state index in [0.717, 1.165) is 46.3 Å². The molecule has 0 aliphatic heterocycles. The Labute approximate surface area is 242 Å². The maximum Gasteiger partial charge on any atom is 0.241 e. The third kappa shape index (κ3) is 6.89. The molecule has 1 N–H and O–H groups in total. The zero-order valence-corrected chi connectivity index (χ0v) is 24.6. The van der Waals surface area contributed by atoms with Gasteiger partial charge in [0.25, 0.3) is 0 Å². The number of benzene rings is 3. The lowest BCUT2D eigenvalue weighted by Gasteiger charge is -2.30. The van der Waals surface area contributed by atoms with Crippen molar-refractivity contribution in [2.24, 2.45) is 0 Å². The second-order valence-corrected chi connectivity index (χ2v) is 12.6. The number of carbonyl (C=O) groups excluding carboxylic acids is 1. The zero-order chi connectivity index (χ0) is 29.0. The highest BCUT2D eigenvalue weighted by molar-refractivity contribution is 7.89. The van der Waals surface area contributed by atoms with Gasteiger partial charge in [0.15, 0.2) is 0 Å². The largest absolute Gasteiger partial charge is 0.308 e. The van der Waals surface area contributed by atoms with E-state index in [1.165, 1.54) is 0 Å². The molecule has 0 bridgehead atoms. The number of aryl methyl sites for hydroxylation is 3. The van der Waals surface area contributed by atoms with Crippen LogP contribution in [0.2, 0.25) is 0 Å². The third-order valence-electron chi connectivity index (χ3n) is 7.71. The summed E-state index contributed by atoms with van der Waals surface area (Å²) in [5, 5.41) is 0. The Balaban J connectivity index is 1.46. The molecule has 1 heterocycles. The lowest BCUT2D eigenvalue weighted by atomic mass is 9.87. The van der Waals surface area contributed by atoms with Crippen LogP contribution in [-0.2, 0) is 27.8 Å². The molecule has 1 amide bonds. The van der Waals surface area contributed by atoms with E-state index in [1.54, 1.807) is 41.6 Å². The normalized spacial score (nSPS) is 15.6. The van der Waals surface area contributed by atoms with Crippen LogP contribution in [0.4, 0.5) is 5.69 Å². The molecule has 41 heavy (non-hydrogen) atoms. The number of aromatic nitrogens is 2. The van der Waals surface area contributed by atoms with Gasteiger partial charge in [0.2, 0.25) is 15.9 Å². The van der Waals surface area contributed by atoms with Gasteiger partial charge in [0.1, 0.15) is 5.82 Å². The Hall–Kier alpha value is -3.88. The van der Waals surface area contributed by atoms with Gasteiger partial charge < -0.3 is 4.90 Å². The fourth-order valence-corrected chi connectivity index (χ4v) is 6.58. The van der Waals surface area contributed by atoms with Crippen LogP contribution in [0.1, 0.15) is 71.8 Å². The monoisotopic (exact) mass is 568 g/mol. The molecule has 1 aliphatic carbocycles. The van der Waals surface area contributed by atoms with Crippen LogP contribution >= 0.6 is 0 Å². The van der Waals surface area contributed by atoms with Crippen LogP contribution in [-0.4, -0.2) is 24.3 Å². The van der Waals surface area contributed by atoms with Crippen molar-refractivity contribution >= 4 is 21.6 Å². The Morgan fingerprint density at radius 3 is 2.41 bits per heavy atom. The van der Waals surface area contributed by atoms with E-state index < -0.39 is 10.0 Å². The second kappa shape index (κ2) is 12.3. The quantitative estimate of drug-likeness (QED) is 0.260. The van der Waals surface area contributed by atoms with Gasteiger partial charge in [-0.1, -0.05) is 61.0 Å². The van der Waals surface area contributed by atoms with Crippen molar-refractivity contribution in [3.63, 3.8) is 0 Å². The molecule has 1 aromatic heterocycles. The van der Waals surface area contributed by atoms with Crippen molar-refractivity contribution in [3.05, 3.63) is 119 Å². The molecule has 7 nitrogen and oxygen atoms in total. The Morgan fingerprint density at radius 1 is 1.00 bits per heavy atom. The minimum absolute atomic E-state index is 0.0190. The molecular formula is C33H36N4O3S. The third-order valence-corrected chi connectivity index (χ3v) is 9.20. The summed E-state index contributed by atoms with van der Waals surface area (Å²) in [5.41, 5.74) is 5.68. The summed E-state index contributed by atoms with van der Waals surface area (Å²) in [6.07, 6.45) is 6.26. The van der Waals surface area contributed by atoms with E-state index in [9.17, 15) is 13.2 Å². The van der Waals surface area contributed by atoms with Crippen molar-refractivity contribution in [2.45, 2.75) is 69.9 Å². The Bertz CT molecular complexity index is 1610. The first-order chi connectivity index (χ1) is 19.7. The van der Waals surface area contributed by atoms with Crippen LogP contribution in [0.5, 0.6) is 0 Å². The predicted molar refractivity (Wildman–Crippen MR) is 161 cm³/mol. The van der Waals surface area contributed by atoms with Gasteiger partial charge in [-0.15, -0.1) is 0 Å². The smallest absolute Gasteiger partial charge is 0.241 e. The summed E-state index contributed by atoms with van der Waals surface area (Å²) >= 11 is 0. The van der Waals surface area contributed by atoms with Gasteiger partial charge in [-0.05, 0) is 80.0 Å². The molecular weight excluding hydrogens is 532 g/mol. The molecule has 4 aromatic rings. The summed E-state index contributed by atoms with van der Waals surface area (Å²) in [6, 6.07) is 22.5. The van der Waals surface area contributed by atoms with E-state index >= 15 is 0 Å². The van der Waals surface area contributed by atoms with Gasteiger partial charge in [-0.25, -0.2) is 23.1 Å². The number of sulfonamides is 1. The molecule has 0 saturated heterocycles. The molecule has 212 valence electrons. The van der Waals surface area contributed by atoms with Crippen molar-refractivity contribution in [2.75, 3.05) is 4.90 Å². The first kappa shape index (κ1) is 28.6. The molecule has 1 aliphatic rings. The Kier molecular flexibility index (Phi) is 8.61. The topological polar surface area (TPSA) is 92.3 Å². The van der Waals surface area contributed by atoms with Gasteiger partial charge in [0, 0.05) is 36.1 Å². The maximum atomic E-state index is 13.9. The van der Waals surface area contributed by atoms with Crippen LogP contribution in [0.25, 0.3) is 0 Å². The number of rotatable bonds is 9. The van der Waals surface area contributed by atoms with Crippen molar-refractivity contribution in [3.8, 4) is 0 Å². The number of carbonyl (C=O) groups is 1. The van der Waals surface area contributed by atoms with Crippen molar-refractivity contribution in [1.82, 2.24) is 14.7 Å². The number of hydrogen-bond donors (Lipinski definition) is 1. The minimum atomic E-state index is -3.72. The van der Waals surface area contributed by atoms with E-state index in [-0.39, 0.29) is 22.8 Å². The molecule has 0 saturated carbocycles. The fraction of sp³-hybridized carbons (Fsp3) is 0.303. The number of hydrogen-bond acceptors (Lipinski definition) is 5. The van der Waals surface area contributed by atoms with Gasteiger partial charge in [0.05, 0.1) is 11.4 Å². The van der Waals surface area contributed by atoms with E-state index in [2.05, 4.69) is 21.6 Å². The second-order valence-electron chi connectivity index (χ2n) is 10.9. The summed E-state index contributed by atoms with van der Waals surface area (Å²) in [4.78, 5) is 24.5. The lowest BCUT2D eigenvalue weighted by molar-refractivity contribution is -0.119. The number of nitrogens with one attached hydrogen (secondary N) is 1. The van der Waals surface area contributed by atoms with Crippen molar-refractivity contribution < 1.29 is 13.2 Å². The maximum absolute atomic E-state index is 13.9. The number of nitrogens with zero attached hydrogens (tertiary/aromatic N) is 3. The minimum Gasteiger partial charge on any atom is -0.308 e. The van der Waals surface area contributed by atoms with Gasteiger partial charge in [-0.2, -0.15) is 0 Å². The van der Waals surface area contributed by atoms with Crippen LogP contribution < -0.4 is 9.62 Å². The van der Waals surface area contributed by atoms with Crippen LogP contribution in [0.15, 0.2) is 90.1 Å². The molecule has 0 unspecified atom stereocenters. The van der Waals surface area contributed by atoms with E-state index in [1.807, 2.05) is 62.4 Å². The van der Waals surface area contributed by atoms with Gasteiger partial charge >= 0.3 is 0 Å². The SMILES string of the molecule is Cc1ccc(S(=O)(=O)N[C@@H]2CCCc3ccc(N(Cc4cnc(C)nc4)C(=O)C[C@H](C)c4ccccc4)cc32)cc1. The van der Waals surface area contributed by atoms with Crippen molar-refractivity contribution in [1.29, 1.82) is 0 Å². The summed E-state index contributed by atoms with van der Waals surface area (Å²) in [5.74, 6) is 0.684. The van der Waals surface area contributed by atoms with E-state index in [4.69, 9.17) is 0 Å². The predicted octanol–water partition coefficient (Wildman–Crippen LogP) is 6.18. The van der Waals surface area contributed by atoms with Gasteiger partial charge in [-0.3, -0.25) is 4.79 Å². The lowest BCUT2D eigenvalue weighted by Crippen LogP contribution is -2.33. The van der Waals surface area contributed by atoms with Crippen LogP contribution in [0.3, 0.4) is 0 Å². The first-order valence-electron chi connectivity index (χ1n) is 14.0. The number of anilines is 1. The molecule has 3 aromatic carbocycles. The average Bonchev–Trinajstić information content (AvgIpc) is 2.97. The summed E-state index contributed by atoms with van der Waals surface area (Å²) < 4.78 is 29.5. The van der Waals surface area contributed by atoms with Crippen LogP contribution in [0, 0.1) is 13.8 Å². The number of amides is 1. The molecule has 5 rings (SSSR count). The first-order valence-corrected chi connectivity index (χ1v) is 15.5. The highest BCUT2D eigenvalue weighted by Crippen LogP contribution is 2.35. The number of fused-ring (bicyclic) bond motifs is 1. The van der Waals surface area contributed by atoms with E-state index in [0.29, 0.717) is 25.2 Å². The summed E-state index contributed by atoms with van der Waals surface area (Å²) in [6.45, 7) is 6.14. The average molecular weight is 569 g/mol. The standard InChI is InChI=1S/C33H36N4O3S/c1-23-12-16-30(17-13-23)41(39,40)36-32-11-7-10-28-14-15-29(19-31(28)32)37(22-26-20-34-25(3)35-21-26)33(38)18-24(2)27-8-5-4-6-9-27/h4-6,8-9,12-17,19-21,24,32,36H,7,10-11,18,22H2,1-3H3/t24-,32+/m0/s1. The highest BCUT2D eigenvalue weighted by Gasteiger charge is 2.28. The molecule has 0 fully saturated rings. The molecule has 0 radical (unpaired) electrons. The Morgan fingerprint density at radius 2 is 1.71 bits per heavy atom. The molecule has 8 heteroatoms. The summed E-state index contributed by atoms with van der Waals surface area (Å²) in [7, 11) is -3.72. The zero-order valence-electron chi connectivity index (χ0n) is 23.7. The molecule has 0 spiro atoms. The highest BCUT2D eigenvalue weighted by atomic mass is 32.2.